The third-order valence-electron chi connectivity index (χ3n) is 9.02. The Labute approximate surface area is 244 Å². The summed E-state index contributed by atoms with van der Waals surface area (Å²) in [5, 5.41) is 33.2. The topological polar surface area (TPSA) is 86.8 Å². The van der Waals surface area contributed by atoms with Crippen molar-refractivity contribution in [2.45, 2.75) is 78.1 Å². The third kappa shape index (κ3) is 4.69. The van der Waals surface area contributed by atoms with Gasteiger partial charge in [0.1, 0.15) is 6.54 Å². The van der Waals surface area contributed by atoms with Gasteiger partial charge < -0.3 is 20.1 Å². The van der Waals surface area contributed by atoms with Gasteiger partial charge >= 0.3 is 7.12 Å². The number of anilines is 1. The molecule has 2 aromatic rings. The van der Waals surface area contributed by atoms with Crippen LogP contribution in [0.3, 0.4) is 0 Å². The van der Waals surface area contributed by atoms with Gasteiger partial charge in [0.15, 0.2) is 11.5 Å². The molecular formula is C34H41BN2O4. The maximum atomic E-state index is 13.6. The van der Waals surface area contributed by atoms with Crippen molar-refractivity contribution >= 4 is 35.5 Å². The number of unbranched alkanes of at least 4 members (excludes halogenated alkanes) is 2. The van der Waals surface area contributed by atoms with Crippen molar-refractivity contribution in [2.24, 2.45) is 0 Å². The van der Waals surface area contributed by atoms with E-state index in [4.69, 9.17) is 0 Å². The molecule has 2 aromatic carbocycles. The quantitative estimate of drug-likeness (QED) is 0.278. The Hall–Kier alpha value is -3.42. The van der Waals surface area contributed by atoms with Gasteiger partial charge in [0, 0.05) is 58.6 Å². The molecule has 0 amide bonds. The molecule has 0 aromatic heterocycles. The predicted octanol–water partition coefficient (Wildman–Crippen LogP) is 4.15. The van der Waals surface area contributed by atoms with Crippen LogP contribution in [-0.4, -0.2) is 46.3 Å². The molecule has 0 saturated carbocycles. The molecule has 6 nitrogen and oxygen atoms in total. The van der Waals surface area contributed by atoms with Gasteiger partial charge in [-0.05, 0) is 43.4 Å². The number of para-hydroxylation sites is 1. The number of hydrogen-bond donors (Lipinski definition) is 2. The van der Waals surface area contributed by atoms with E-state index in [0.29, 0.717) is 5.46 Å². The number of allylic oxidation sites excluding steroid dienone is 5. The minimum Gasteiger partial charge on any atom is -0.871 e. The van der Waals surface area contributed by atoms with E-state index in [2.05, 4.69) is 63.2 Å². The molecule has 0 saturated heterocycles. The van der Waals surface area contributed by atoms with E-state index in [1.54, 1.807) is 12.1 Å². The molecule has 41 heavy (non-hydrogen) atoms. The van der Waals surface area contributed by atoms with Crippen molar-refractivity contribution in [3.05, 3.63) is 88.3 Å². The van der Waals surface area contributed by atoms with Crippen LogP contribution in [0.2, 0.25) is 0 Å². The molecule has 7 heteroatoms. The number of fused-ring (bicyclic) bond motifs is 2. The lowest BCUT2D eigenvalue weighted by atomic mass is 9.75. The first-order chi connectivity index (χ1) is 19.4. The van der Waals surface area contributed by atoms with Gasteiger partial charge in [-0.2, -0.15) is 4.58 Å². The predicted molar refractivity (Wildman–Crippen MR) is 164 cm³/mol. The smallest absolute Gasteiger partial charge is 0.488 e. The third-order valence-corrected chi connectivity index (χ3v) is 9.02. The molecule has 0 radical (unpaired) electrons. The van der Waals surface area contributed by atoms with Crippen molar-refractivity contribution in [2.75, 3.05) is 18.0 Å². The minimum atomic E-state index is -1.56. The Kier molecular flexibility index (Phi) is 7.64. The lowest BCUT2D eigenvalue weighted by Gasteiger charge is -2.33. The summed E-state index contributed by atoms with van der Waals surface area (Å²) in [6, 6.07) is 13.8. The van der Waals surface area contributed by atoms with Crippen molar-refractivity contribution in [1.82, 2.24) is 0 Å². The average molecular weight is 553 g/mol. The monoisotopic (exact) mass is 552 g/mol. The summed E-state index contributed by atoms with van der Waals surface area (Å²) in [4.78, 5) is 15.8. The summed E-state index contributed by atoms with van der Waals surface area (Å²) >= 11 is 0. The summed E-state index contributed by atoms with van der Waals surface area (Å²) in [6.45, 7) is 14.3. The molecule has 214 valence electrons. The number of Topliss-reactive ketones (excluding diaryl/α,β-unsaturated/α-hetero) is 1. The highest BCUT2D eigenvalue weighted by Crippen LogP contribution is 2.49. The molecule has 0 fully saturated rings. The SMILES string of the molecule is CCCCN1/C(=C\C2=C([O-])C(=C/C3=[N+](CCCC)c4ccccc4C3(C)C)/C2=O)C(C)(C)c2cc(B(O)O)ccc21. The lowest BCUT2D eigenvalue weighted by Crippen LogP contribution is -2.35. The van der Waals surface area contributed by atoms with Crippen LogP contribution in [0.15, 0.2) is 77.2 Å². The molecule has 2 N–H and O–H groups in total. The first kappa shape index (κ1) is 29.1. The molecule has 0 spiro atoms. The Morgan fingerprint density at radius 1 is 0.951 bits per heavy atom. The second-order valence-electron chi connectivity index (χ2n) is 12.5. The standard InChI is InChI=1S/C34H41BN2O4/c1-7-9-17-36-27-14-12-11-13-25(27)33(3,4)29(36)20-23-31(38)24(32(23)39)21-30-34(5,6)26-19-22(35(40)41)15-16-28(26)37(30)18-10-8-2/h11-16,19-21,40-41H,7-10,17-18H2,1-6H3. The van der Waals surface area contributed by atoms with E-state index < -0.39 is 12.5 Å². The number of carbonyl (C=O) groups is 1. The van der Waals surface area contributed by atoms with Crippen molar-refractivity contribution in [3.8, 4) is 0 Å². The van der Waals surface area contributed by atoms with Gasteiger partial charge in [-0.25, -0.2) is 0 Å². The first-order valence-corrected chi connectivity index (χ1v) is 14.9. The summed E-state index contributed by atoms with van der Waals surface area (Å²) in [6.07, 6.45) is 7.63. The van der Waals surface area contributed by atoms with Gasteiger partial charge in [-0.15, -0.1) is 0 Å². The number of nitrogens with zero attached hydrogens (tertiary/aromatic N) is 2. The second-order valence-corrected chi connectivity index (χ2v) is 12.5. The highest BCUT2D eigenvalue weighted by molar-refractivity contribution is 6.58. The minimum absolute atomic E-state index is 0.213. The fourth-order valence-electron chi connectivity index (χ4n) is 6.50. The van der Waals surface area contributed by atoms with E-state index in [1.165, 1.54) is 5.56 Å². The van der Waals surface area contributed by atoms with Gasteiger partial charge in [-0.3, -0.25) is 4.79 Å². The number of benzene rings is 2. The van der Waals surface area contributed by atoms with E-state index in [1.807, 2.05) is 30.3 Å². The molecule has 3 aliphatic rings. The fraction of sp³-hybridized carbons (Fsp3) is 0.412. The summed E-state index contributed by atoms with van der Waals surface area (Å²) in [7, 11) is -1.56. The molecule has 2 aliphatic heterocycles. The zero-order chi connectivity index (χ0) is 29.7. The largest absolute Gasteiger partial charge is 0.871 e. The molecular weight excluding hydrogens is 511 g/mol. The van der Waals surface area contributed by atoms with Gasteiger partial charge in [0.2, 0.25) is 5.69 Å². The Bertz CT molecular complexity index is 1530. The summed E-state index contributed by atoms with van der Waals surface area (Å²) in [5.74, 6) is -0.434. The molecule has 1 aliphatic carbocycles. The molecule has 0 bridgehead atoms. The lowest BCUT2D eigenvalue weighted by molar-refractivity contribution is -0.438. The summed E-state index contributed by atoms with van der Waals surface area (Å²) in [5.41, 5.74) is 6.18. The first-order valence-electron chi connectivity index (χ1n) is 14.9. The van der Waals surface area contributed by atoms with Crippen molar-refractivity contribution < 1.29 is 24.5 Å². The van der Waals surface area contributed by atoms with Crippen LogP contribution in [0.5, 0.6) is 0 Å². The second kappa shape index (κ2) is 10.8. The molecule has 0 atom stereocenters. The molecule has 2 heterocycles. The molecule has 0 unspecified atom stereocenters. The van der Waals surface area contributed by atoms with E-state index in [9.17, 15) is 19.9 Å². The van der Waals surface area contributed by atoms with Gasteiger partial charge in [0.25, 0.3) is 0 Å². The van der Waals surface area contributed by atoms with Crippen LogP contribution in [0.4, 0.5) is 11.4 Å². The number of carbonyl (C=O) groups excluding carboxylic acids is 1. The zero-order valence-corrected chi connectivity index (χ0v) is 25.1. The van der Waals surface area contributed by atoms with E-state index in [-0.39, 0.29) is 28.1 Å². The number of ketones is 1. The van der Waals surface area contributed by atoms with Gasteiger partial charge in [-0.1, -0.05) is 76.6 Å². The van der Waals surface area contributed by atoms with Crippen molar-refractivity contribution in [1.29, 1.82) is 0 Å². The van der Waals surface area contributed by atoms with E-state index in [0.717, 1.165) is 67.1 Å². The normalized spacial score (nSPS) is 20.7. The summed E-state index contributed by atoms with van der Waals surface area (Å²) < 4.78 is 2.28. The molecule has 5 rings (SSSR count). The van der Waals surface area contributed by atoms with Crippen molar-refractivity contribution in [3.63, 3.8) is 0 Å². The van der Waals surface area contributed by atoms with Crippen LogP contribution in [0, 0.1) is 0 Å². The van der Waals surface area contributed by atoms with Crippen LogP contribution in [0.1, 0.15) is 78.4 Å². The van der Waals surface area contributed by atoms with Gasteiger partial charge in [0.05, 0.1) is 5.41 Å². The number of hydrogen-bond acceptors (Lipinski definition) is 5. The zero-order valence-electron chi connectivity index (χ0n) is 25.1. The maximum Gasteiger partial charge on any atom is 0.488 e. The van der Waals surface area contributed by atoms with E-state index >= 15 is 0 Å². The highest BCUT2D eigenvalue weighted by Gasteiger charge is 2.46. The Morgan fingerprint density at radius 2 is 1.66 bits per heavy atom. The van der Waals surface area contributed by atoms with Crippen LogP contribution in [0.25, 0.3) is 0 Å². The van der Waals surface area contributed by atoms with Crippen LogP contribution in [-0.2, 0) is 15.6 Å². The van der Waals surface area contributed by atoms with Crippen LogP contribution < -0.4 is 15.5 Å². The average Bonchev–Trinajstić information content (AvgIpc) is 3.29. The maximum absolute atomic E-state index is 13.6. The van der Waals surface area contributed by atoms with Crippen LogP contribution >= 0.6 is 0 Å². The highest BCUT2D eigenvalue weighted by atomic mass is 16.4. The fourth-order valence-corrected chi connectivity index (χ4v) is 6.50. The number of rotatable bonds is 9. The Balaban J connectivity index is 1.58. The Morgan fingerprint density at radius 3 is 2.32 bits per heavy atom.